The number of benzene rings is 1. The van der Waals surface area contributed by atoms with E-state index in [4.69, 9.17) is 10.2 Å². The van der Waals surface area contributed by atoms with Crippen molar-refractivity contribution >= 4 is 34.0 Å². The van der Waals surface area contributed by atoms with E-state index in [2.05, 4.69) is 4.74 Å². The fraction of sp³-hybridized carbons (Fsp3) is 0.0714. The van der Waals surface area contributed by atoms with Gasteiger partial charge >= 0.3 is 5.97 Å². The van der Waals surface area contributed by atoms with Crippen molar-refractivity contribution in [2.75, 3.05) is 12.8 Å². The van der Waals surface area contributed by atoms with Gasteiger partial charge in [0.1, 0.15) is 16.2 Å². The Kier molecular flexibility index (Phi) is 2.76. The third kappa shape index (κ3) is 1.88. The summed E-state index contributed by atoms with van der Waals surface area (Å²) >= 11 is 1.25. The van der Waals surface area contributed by atoms with Crippen molar-refractivity contribution in [3.8, 4) is 11.3 Å². The molecule has 0 bridgehead atoms. The molecule has 0 saturated carbocycles. The quantitative estimate of drug-likeness (QED) is 0.725. The lowest BCUT2D eigenvalue weighted by molar-refractivity contribution is 0.0607. The summed E-state index contributed by atoms with van der Waals surface area (Å²) in [6.07, 6.45) is 0. The number of esters is 1. The third-order valence-electron chi connectivity index (χ3n) is 2.89. The lowest BCUT2D eigenvalue weighted by Gasteiger charge is -1.98. The van der Waals surface area contributed by atoms with Crippen molar-refractivity contribution < 1.29 is 13.9 Å². The molecule has 0 atom stereocenters. The Morgan fingerprint density at radius 1 is 1.37 bits per heavy atom. The van der Waals surface area contributed by atoms with E-state index >= 15 is 0 Å². The molecule has 0 amide bonds. The van der Waals surface area contributed by atoms with Gasteiger partial charge in [-0.05, 0) is 12.1 Å². The number of carbonyl (C=O) groups excluding carboxylic acids is 1. The number of anilines is 1. The zero-order valence-electron chi connectivity index (χ0n) is 10.2. The normalized spacial score (nSPS) is 10.8. The first-order chi connectivity index (χ1) is 9.20. The van der Waals surface area contributed by atoms with Gasteiger partial charge in [-0.2, -0.15) is 0 Å². The molecule has 0 aliphatic carbocycles. The van der Waals surface area contributed by atoms with E-state index in [1.54, 1.807) is 5.38 Å². The number of ether oxygens (including phenoxy) is 1. The van der Waals surface area contributed by atoms with E-state index in [1.807, 2.05) is 30.3 Å². The van der Waals surface area contributed by atoms with Gasteiger partial charge in [0.2, 0.25) is 0 Å². The Bertz CT molecular complexity index is 724. The number of methoxy groups -OCH3 is 1. The van der Waals surface area contributed by atoms with Gasteiger partial charge in [0.05, 0.1) is 18.4 Å². The number of nitrogen functional groups attached to an aromatic ring is 1. The Morgan fingerprint density at radius 3 is 2.89 bits per heavy atom. The summed E-state index contributed by atoms with van der Waals surface area (Å²) in [7, 11) is 1.34. The third-order valence-corrected chi connectivity index (χ3v) is 3.87. The molecule has 5 heteroatoms. The predicted octanol–water partition coefficient (Wildman–Crippen LogP) is 3.53. The fourth-order valence-electron chi connectivity index (χ4n) is 1.92. The number of para-hydroxylation sites is 1. The molecule has 19 heavy (non-hydrogen) atoms. The SMILES string of the molecule is COC(=O)c1scc(-c2cc3ccccc3o2)c1N. The molecule has 0 aliphatic rings. The van der Waals surface area contributed by atoms with Crippen LogP contribution in [0.4, 0.5) is 5.69 Å². The average Bonchev–Trinajstić information content (AvgIpc) is 3.00. The van der Waals surface area contributed by atoms with Crippen molar-refractivity contribution in [2.45, 2.75) is 0 Å². The molecular weight excluding hydrogens is 262 g/mol. The zero-order chi connectivity index (χ0) is 13.4. The van der Waals surface area contributed by atoms with Crippen LogP contribution in [0.15, 0.2) is 40.1 Å². The Morgan fingerprint density at radius 2 is 2.16 bits per heavy atom. The average molecular weight is 273 g/mol. The van der Waals surface area contributed by atoms with Crippen LogP contribution in [0.2, 0.25) is 0 Å². The zero-order valence-corrected chi connectivity index (χ0v) is 11.0. The second-order valence-corrected chi connectivity index (χ2v) is 4.91. The number of hydrogen-bond donors (Lipinski definition) is 1. The summed E-state index contributed by atoms with van der Waals surface area (Å²) in [6.45, 7) is 0. The standard InChI is InChI=1S/C14H11NO3S/c1-17-14(16)13-12(15)9(7-19-13)11-6-8-4-2-3-5-10(8)18-11/h2-7H,15H2,1H3. The van der Waals surface area contributed by atoms with E-state index in [0.29, 0.717) is 16.3 Å². The minimum absolute atomic E-state index is 0.399. The monoisotopic (exact) mass is 273 g/mol. The molecule has 2 N–H and O–H groups in total. The molecule has 3 rings (SSSR count). The first-order valence-corrected chi connectivity index (χ1v) is 6.53. The van der Waals surface area contributed by atoms with Crippen LogP contribution in [-0.4, -0.2) is 13.1 Å². The van der Waals surface area contributed by atoms with Gasteiger partial charge in [0, 0.05) is 10.8 Å². The van der Waals surface area contributed by atoms with Gasteiger partial charge in [-0.1, -0.05) is 18.2 Å². The van der Waals surface area contributed by atoms with Gasteiger partial charge < -0.3 is 14.9 Å². The highest BCUT2D eigenvalue weighted by Gasteiger charge is 2.19. The molecule has 2 aromatic heterocycles. The maximum atomic E-state index is 11.5. The van der Waals surface area contributed by atoms with Crippen LogP contribution in [-0.2, 0) is 4.74 Å². The van der Waals surface area contributed by atoms with Gasteiger partial charge in [0.25, 0.3) is 0 Å². The van der Waals surface area contributed by atoms with E-state index in [-0.39, 0.29) is 0 Å². The van der Waals surface area contributed by atoms with Crippen molar-refractivity contribution in [2.24, 2.45) is 0 Å². The van der Waals surface area contributed by atoms with E-state index in [0.717, 1.165) is 16.5 Å². The number of fused-ring (bicyclic) bond motifs is 1. The molecule has 0 fully saturated rings. The van der Waals surface area contributed by atoms with Gasteiger partial charge in [-0.15, -0.1) is 11.3 Å². The number of thiophene rings is 1. The van der Waals surface area contributed by atoms with Crippen LogP contribution < -0.4 is 5.73 Å². The van der Waals surface area contributed by atoms with Crippen LogP contribution >= 0.6 is 11.3 Å². The molecule has 0 unspecified atom stereocenters. The molecule has 96 valence electrons. The lowest BCUT2D eigenvalue weighted by Crippen LogP contribution is -2.01. The highest BCUT2D eigenvalue weighted by molar-refractivity contribution is 7.13. The maximum absolute atomic E-state index is 11.5. The highest BCUT2D eigenvalue weighted by Crippen LogP contribution is 2.37. The number of carbonyl (C=O) groups is 1. The van der Waals surface area contributed by atoms with Crippen LogP contribution in [0.25, 0.3) is 22.3 Å². The summed E-state index contributed by atoms with van der Waals surface area (Å²) in [5, 5.41) is 2.81. The fourth-order valence-corrected chi connectivity index (χ4v) is 2.82. The molecule has 1 aromatic carbocycles. The molecular formula is C14H11NO3S. The minimum Gasteiger partial charge on any atom is -0.465 e. The summed E-state index contributed by atoms with van der Waals surface area (Å²) in [5.74, 6) is 0.231. The second-order valence-electron chi connectivity index (χ2n) is 4.03. The van der Waals surface area contributed by atoms with Gasteiger partial charge in [-0.25, -0.2) is 4.79 Å². The minimum atomic E-state index is -0.426. The first kappa shape index (κ1) is 11.8. The van der Waals surface area contributed by atoms with Crippen molar-refractivity contribution in [1.82, 2.24) is 0 Å². The smallest absolute Gasteiger partial charge is 0.350 e. The van der Waals surface area contributed by atoms with Crippen molar-refractivity contribution in [3.63, 3.8) is 0 Å². The molecule has 2 heterocycles. The number of furan rings is 1. The van der Waals surface area contributed by atoms with Crippen molar-refractivity contribution in [3.05, 3.63) is 40.6 Å². The van der Waals surface area contributed by atoms with Crippen LogP contribution in [0.1, 0.15) is 9.67 Å². The maximum Gasteiger partial charge on any atom is 0.350 e. The largest absolute Gasteiger partial charge is 0.465 e. The summed E-state index contributed by atoms with van der Waals surface area (Å²) in [4.78, 5) is 11.9. The highest BCUT2D eigenvalue weighted by atomic mass is 32.1. The molecule has 0 saturated heterocycles. The molecule has 0 aliphatic heterocycles. The number of hydrogen-bond acceptors (Lipinski definition) is 5. The van der Waals surface area contributed by atoms with E-state index in [1.165, 1.54) is 18.4 Å². The number of rotatable bonds is 2. The summed E-state index contributed by atoms with van der Waals surface area (Å²) < 4.78 is 10.4. The topological polar surface area (TPSA) is 65.5 Å². The van der Waals surface area contributed by atoms with Crippen LogP contribution in [0.3, 0.4) is 0 Å². The van der Waals surface area contributed by atoms with Crippen LogP contribution in [0.5, 0.6) is 0 Å². The van der Waals surface area contributed by atoms with Gasteiger partial charge in [0.15, 0.2) is 0 Å². The first-order valence-electron chi connectivity index (χ1n) is 5.65. The Hall–Kier alpha value is -2.27. The summed E-state index contributed by atoms with van der Waals surface area (Å²) in [5.41, 5.74) is 7.90. The molecule has 4 nitrogen and oxygen atoms in total. The number of nitrogens with two attached hydrogens (primary N) is 1. The lowest BCUT2D eigenvalue weighted by atomic mass is 10.2. The van der Waals surface area contributed by atoms with Crippen molar-refractivity contribution in [1.29, 1.82) is 0 Å². The molecule has 3 aromatic rings. The Balaban J connectivity index is 2.11. The second kappa shape index (κ2) is 4.44. The van der Waals surface area contributed by atoms with E-state index in [9.17, 15) is 4.79 Å². The molecule has 0 radical (unpaired) electrons. The van der Waals surface area contributed by atoms with Gasteiger partial charge in [-0.3, -0.25) is 0 Å². The Labute approximate surface area is 113 Å². The van der Waals surface area contributed by atoms with Crippen LogP contribution in [0, 0.1) is 0 Å². The predicted molar refractivity (Wildman–Crippen MR) is 75.3 cm³/mol. The molecule has 0 spiro atoms. The van der Waals surface area contributed by atoms with E-state index < -0.39 is 5.97 Å². The summed E-state index contributed by atoms with van der Waals surface area (Å²) in [6, 6.07) is 9.62.